The third kappa shape index (κ3) is 3.88. The highest BCUT2D eigenvalue weighted by Crippen LogP contribution is 2.40. The summed E-state index contributed by atoms with van der Waals surface area (Å²) < 4.78 is 79.1. The van der Waals surface area contributed by atoms with Crippen LogP contribution in [-0.4, -0.2) is 48.8 Å². The highest BCUT2D eigenvalue weighted by atomic mass is 19.4. The fourth-order valence-electron chi connectivity index (χ4n) is 4.41. The first kappa shape index (κ1) is 21.0. The summed E-state index contributed by atoms with van der Waals surface area (Å²) >= 11 is 0. The van der Waals surface area contributed by atoms with Crippen LogP contribution >= 0.6 is 0 Å². The number of nitrogens with one attached hydrogen (secondary N) is 2. The van der Waals surface area contributed by atoms with Gasteiger partial charge in [0.05, 0.1) is 30.8 Å². The minimum absolute atomic E-state index is 0.0362. The van der Waals surface area contributed by atoms with E-state index in [-0.39, 0.29) is 29.2 Å². The lowest BCUT2D eigenvalue weighted by Crippen LogP contribution is -2.52. The zero-order valence-corrected chi connectivity index (χ0v) is 16.8. The Balaban J connectivity index is 1.58. The van der Waals surface area contributed by atoms with Crippen molar-refractivity contribution in [1.29, 1.82) is 0 Å². The number of anilines is 1. The maximum atomic E-state index is 14.3. The molecule has 3 heterocycles. The average molecular weight is 453 g/mol. The van der Waals surface area contributed by atoms with E-state index >= 15 is 0 Å². The number of ether oxygens (including phenoxy) is 2. The lowest BCUT2D eigenvalue weighted by Gasteiger charge is -2.42. The number of aromatic nitrogens is 1. The molecule has 0 saturated carbocycles. The molecule has 10 heteroatoms. The van der Waals surface area contributed by atoms with E-state index in [9.17, 15) is 22.0 Å². The van der Waals surface area contributed by atoms with E-state index < -0.39 is 29.5 Å². The highest BCUT2D eigenvalue weighted by Gasteiger charge is 2.37. The smallest absolute Gasteiger partial charge is 0.431 e. The van der Waals surface area contributed by atoms with Crippen molar-refractivity contribution >= 4 is 16.6 Å². The summed E-state index contributed by atoms with van der Waals surface area (Å²) in [4.78, 5) is 4.40. The lowest BCUT2D eigenvalue weighted by atomic mass is 9.94. The molecule has 2 N–H and O–H groups in total. The highest BCUT2D eigenvalue weighted by molar-refractivity contribution is 5.93. The molecule has 1 aromatic heterocycles. The molecule has 2 aliphatic rings. The molecule has 1 saturated heterocycles. The van der Waals surface area contributed by atoms with Crippen LogP contribution in [0.3, 0.4) is 0 Å². The van der Waals surface area contributed by atoms with Gasteiger partial charge >= 0.3 is 6.18 Å². The zero-order valence-electron chi connectivity index (χ0n) is 16.8. The zero-order chi connectivity index (χ0) is 22.5. The molecule has 5 rings (SSSR count). The number of fused-ring (bicyclic) bond motifs is 2. The Bertz CT molecular complexity index is 1140. The van der Waals surface area contributed by atoms with Crippen LogP contribution in [0.2, 0.25) is 0 Å². The van der Waals surface area contributed by atoms with E-state index in [0.717, 1.165) is 12.1 Å². The first-order valence-corrected chi connectivity index (χ1v) is 10.2. The Morgan fingerprint density at radius 2 is 1.78 bits per heavy atom. The number of halogens is 5. The maximum Gasteiger partial charge on any atom is 0.431 e. The quantitative estimate of drug-likeness (QED) is 0.564. The number of nitrogens with zero attached hydrogens (tertiary/aromatic N) is 1. The van der Waals surface area contributed by atoms with Crippen LogP contribution in [0.15, 0.2) is 36.4 Å². The molecule has 3 aromatic rings. The number of H-pyrrole nitrogens is 1. The molecule has 0 spiro atoms. The fraction of sp³-hybridized carbons (Fsp3) is 0.364. The van der Waals surface area contributed by atoms with Gasteiger partial charge < -0.3 is 19.8 Å². The standard InChI is InChI=1S/C22H20F5N3O2/c23-12-1-2-14-19(9-12)32-11-18(30-3-5-31-6-4-30)21(14)29-17-8-13(24)7-16-15(17)10-20(28-16)22(25,26)27/h1-2,7-10,18,21,28-29H,3-6,11H2/t18-,21-/m0/s1. The number of benzene rings is 2. The predicted molar refractivity (Wildman–Crippen MR) is 108 cm³/mol. The molecule has 5 nitrogen and oxygen atoms in total. The van der Waals surface area contributed by atoms with Crippen molar-refractivity contribution in [2.75, 3.05) is 38.2 Å². The number of rotatable bonds is 3. The van der Waals surface area contributed by atoms with Gasteiger partial charge in [0, 0.05) is 35.8 Å². The molecule has 0 aliphatic carbocycles. The largest absolute Gasteiger partial charge is 0.491 e. The lowest BCUT2D eigenvalue weighted by molar-refractivity contribution is -0.140. The Morgan fingerprint density at radius 1 is 1.00 bits per heavy atom. The topological polar surface area (TPSA) is 49.5 Å². The van der Waals surface area contributed by atoms with Crippen molar-refractivity contribution in [2.24, 2.45) is 0 Å². The normalized spacial score (nSPS) is 21.9. The number of hydrogen-bond donors (Lipinski definition) is 2. The molecular formula is C22H20F5N3O2. The van der Waals surface area contributed by atoms with Crippen LogP contribution in [0, 0.1) is 11.6 Å². The van der Waals surface area contributed by atoms with Crippen LogP contribution in [0.25, 0.3) is 10.9 Å². The van der Waals surface area contributed by atoms with E-state index in [0.29, 0.717) is 37.6 Å². The third-order valence-electron chi connectivity index (χ3n) is 5.94. The molecule has 32 heavy (non-hydrogen) atoms. The van der Waals surface area contributed by atoms with Gasteiger partial charge in [0.15, 0.2) is 0 Å². The van der Waals surface area contributed by atoms with E-state index in [1.807, 2.05) is 0 Å². The number of hydrogen-bond acceptors (Lipinski definition) is 4. The van der Waals surface area contributed by atoms with Gasteiger partial charge in [-0.05, 0) is 24.3 Å². The van der Waals surface area contributed by atoms with Crippen LogP contribution in [-0.2, 0) is 10.9 Å². The monoisotopic (exact) mass is 453 g/mol. The summed E-state index contributed by atoms with van der Waals surface area (Å²) in [6.45, 7) is 2.60. The first-order chi connectivity index (χ1) is 15.3. The number of aromatic amines is 1. The van der Waals surface area contributed by atoms with Gasteiger partial charge in [-0.1, -0.05) is 6.07 Å². The molecule has 0 bridgehead atoms. The van der Waals surface area contributed by atoms with Crippen molar-refractivity contribution < 1.29 is 31.4 Å². The van der Waals surface area contributed by atoms with Gasteiger partial charge in [0.2, 0.25) is 0 Å². The Hall–Kier alpha value is -2.85. The molecular weight excluding hydrogens is 433 g/mol. The summed E-state index contributed by atoms with van der Waals surface area (Å²) in [5.74, 6) is -0.782. The number of morpholine rings is 1. The van der Waals surface area contributed by atoms with Crippen LogP contribution < -0.4 is 10.1 Å². The minimum atomic E-state index is -4.59. The Labute approximate surface area is 180 Å². The molecule has 170 valence electrons. The van der Waals surface area contributed by atoms with Crippen molar-refractivity contribution in [2.45, 2.75) is 18.3 Å². The van der Waals surface area contributed by atoms with Gasteiger partial charge in [-0.15, -0.1) is 0 Å². The van der Waals surface area contributed by atoms with Crippen LogP contribution in [0.4, 0.5) is 27.6 Å². The molecule has 2 atom stereocenters. The maximum absolute atomic E-state index is 14.3. The average Bonchev–Trinajstić information content (AvgIpc) is 3.19. The van der Waals surface area contributed by atoms with Crippen molar-refractivity contribution in [3.8, 4) is 5.75 Å². The van der Waals surface area contributed by atoms with Crippen LogP contribution in [0.1, 0.15) is 17.3 Å². The first-order valence-electron chi connectivity index (χ1n) is 10.2. The molecule has 1 fully saturated rings. The van der Waals surface area contributed by atoms with E-state index in [1.54, 1.807) is 6.07 Å². The predicted octanol–water partition coefficient (Wildman–Crippen LogP) is 4.71. The molecule has 0 amide bonds. The molecule has 0 radical (unpaired) electrons. The van der Waals surface area contributed by atoms with E-state index in [1.165, 1.54) is 18.2 Å². The van der Waals surface area contributed by atoms with E-state index in [2.05, 4.69) is 15.2 Å². The second-order valence-electron chi connectivity index (χ2n) is 7.93. The molecule has 2 aromatic carbocycles. The number of alkyl halides is 3. The van der Waals surface area contributed by atoms with Crippen LogP contribution in [0.5, 0.6) is 5.75 Å². The Morgan fingerprint density at radius 3 is 2.53 bits per heavy atom. The van der Waals surface area contributed by atoms with Gasteiger partial charge in [0.25, 0.3) is 0 Å². The molecule has 0 unspecified atom stereocenters. The third-order valence-corrected chi connectivity index (χ3v) is 5.94. The second kappa shape index (κ2) is 7.93. The summed E-state index contributed by atoms with van der Waals surface area (Å²) in [6.07, 6.45) is -4.59. The second-order valence-corrected chi connectivity index (χ2v) is 7.93. The summed E-state index contributed by atoms with van der Waals surface area (Å²) in [6, 6.07) is 6.66. The van der Waals surface area contributed by atoms with Gasteiger partial charge in [-0.2, -0.15) is 13.2 Å². The van der Waals surface area contributed by atoms with Gasteiger partial charge in [0.1, 0.15) is 29.7 Å². The summed E-state index contributed by atoms with van der Waals surface area (Å²) in [5.41, 5.74) is -0.0558. The molecule has 2 aliphatic heterocycles. The SMILES string of the molecule is Fc1ccc2c(c1)OC[C@H](N1CCOCC1)[C@H]2Nc1cc(F)cc2[nH]c(C(F)(F)F)cc12. The summed E-state index contributed by atoms with van der Waals surface area (Å²) in [7, 11) is 0. The van der Waals surface area contributed by atoms with E-state index in [4.69, 9.17) is 9.47 Å². The minimum Gasteiger partial charge on any atom is -0.491 e. The van der Waals surface area contributed by atoms with Gasteiger partial charge in [-0.3, -0.25) is 4.90 Å². The van der Waals surface area contributed by atoms with Gasteiger partial charge in [-0.25, -0.2) is 8.78 Å². The van der Waals surface area contributed by atoms with Crippen molar-refractivity contribution in [3.63, 3.8) is 0 Å². The van der Waals surface area contributed by atoms with Crippen molar-refractivity contribution in [3.05, 3.63) is 59.3 Å². The Kier molecular flexibility index (Phi) is 5.21. The summed E-state index contributed by atoms with van der Waals surface area (Å²) in [5, 5.41) is 3.46. The fourth-order valence-corrected chi connectivity index (χ4v) is 4.41. The van der Waals surface area contributed by atoms with Crippen molar-refractivity contribution in [1.82, 2.24) is 9.88 Å².